The molecule has 34 heavy (non-hydrogen) atoms. The first-order chi connectivity index (χ1) is 16.3. The van der Waals surface area contributed by atoms with E-state index < -0.39 is 15.8 Å². The normalized spacial score (nSPS) is 10.8. The van der Waals surface area contributed by atoms with E-state index in [1.807, 2.05) is 6.07 Å². The molecule has 0 saturated carbocycles. The van der Waals surface area contributed by atoms with Gasteiger partial charge in [0.2, 0.25) is 0 Å². The van der Waals surface area contributed by atoms with Crippen molar-refractivity contribution in [3.8, 4) is 11.8 Å². The lowest BCUT2D eigenvalue weighted by Gasteiger charge is -2.09. The van der Waals surface area contributed by atoms with E-state index >= 15 is 0 Å². The average molecular weight is 523 g/mol. The summed E-state index contributed by atoms with van der Waals surface area (Å²) in [5.41, 5.74) is 0.906. The van der Waals surface area contributed by atoms with Crippen molar-refractivity contribution in [3.05, 3.63) is 108 Å². The van der Waals surface area contributed by atoms with Crippen molar-refractivity contribution in [1.29, 1.82) is 5.26 Å². The second-order valence-corrected chi connectivity index (χ2v) is 7.69. The lowest BCUT2D eigenvalue weighted by atomic mass is 10.1. The average Bonchev–Trinajstić information content (AvgIpc) is 2.82. The van der Waals surface area contributed by atoms with Crippen molar-refractivity contribution in [2.45, 2.75) is 6.61 Å². The van der Waals surface area contributed by atoms with Crippen molar-refractivity contribution in [2.24, 2.45) is 0 Å². The molecular formula is C23H15BrN4O6. The van der Waals surface area contributed by atoms with Crippen LogP contribution in [-0.2, 0) is 11.4 Å². The van der Waals surface area contributed by atoms with E-state index in [1.54, 1.807) is 30.3 Å². The van der Waals surface area contributed by atoms with E-state index in [-0.39, 0.29) is 29.2 Å². The highest BCUT2D eigenvalue weighted by atomic mass is 79.9. The van der Waals surface area contributed by atoms with Crippen LogP contribution in [0.2, 0.25) is 0 Å². The fourth-order valence-electron chi connectivity index (χ4n) is 2.86. The maximum absolute atomic E-state index is 12.5. The van der Waals surface area contributed by atoms with Gasteiger partial charge in [-0.05, 0) is 51.3 Å². The SMILES string of the molecule is N#C/C(=C\c1ccc(OCc2cccc([N+](=O)[O-])c2)c(Br)c1)C(=O)Nc1cccc([N+](=O)[O-])c1. The number of anilines is 1. The summed E-state index contributed by atoms with van der Waals surface area (Å²) in [6.45, 7) is 0.102. The van der Waals surface area contributed by atoms with Crippen LogP contribution in [0.15, 0.2) is 76.8 Å². The summed E-state index contributed by atoms with van der Waals surface area (Å²) in [6, 6.07) is 18.2. The molecule has 0 aliphatic rings. The number of ether oxygens (including phenoxy) is 1. The summed E-state index contributed by atoms with van der Waals surface area (Å²) in [7, 11) is 0. The van der Waals surface area contributed by atoms with E-state index in [9.17, 15) is 30.3 Å². The monoisotopic (exact) mass is 522 g/mol. The van der Waals surface area contributed by atoms with Gasteiger partial charge < -0.3 is 10.1 Å². The summed E-state index contributed by atoms with van der Waals surface area (Å²) in [5.74, 6) is -0.256. The third-order valence-electron chi connectivity index (χ3n) is 4.46. The summed E-state index contributed by atoms with van der Waals surface area (Å²) in [5, 5.41) is 33.7. The Kier molecular flexibility index (Phi) is 7.68. The number of amides is 1. The van der Waals surface area contributed by atoms with Crippen LogP contribution in [-0.4, -0.2) is 15.8 Å². The first-order valence-electron chi connectivity index (χ1n) is 9.60. The molecule has 0 saturated heterocycles. The molecule has 0 fully saturated rings. The second kappa shape index (κ2) is 10.8. The molecule has 0 atom stereocenters. The third-order valence-corrected chi connectivity index (χ3v) is 5.08. The van der Waals surface area contributed by atoms with Gasteiger partial charge in [0.25, 0.3) is 17.3 Å². The summed E-state index contributed by atoms with van der Waals surface area (Å²) in [6.07, 6.45) is 1.36. The Balaban J connectivity index is 1.71. The van der Waals surface area contributed by atoms with Crippen molar-refractivity contribution < 1.29 is 19.4 Å². The fourth-order valence-corrected chi connectivity index (χ4v) is 3.37. The maximum atomic E-state index is 12.5. The number of nitriles is 1. The predicted molar refractivity (Wildman–Crippen MR) is 127 cm³/mol. The Morgan fingerprint density at radius 3 is 2.35 bits per heavy atom. The van der Waals surface area contributed by atoms with Gasteiger partial charge in [-0.3, -0.25) is 25.0 Å². The van der Waals surface area contributed by atoms with Gasteiger partial charge in [-0.25, -0.2) is 0 Å². The molecule has 11 heteroatoms. The van der Waals surface area contributed by atoms with Crippen molar-refractivity contribution >= 4 is 45.0 Å². The zero-order valence-electron chi connectivity index (χ0n) is 17.3. The number of nitrogens with zero attached hydrogens (tertiary/aromatic N) is 3. The van der Waals surface area contributed by atoms with Gasteiger partial charge in [0.1, 0.15) is 24.0 Å². The van der Waals surface area contributed by atoms with Gasteiger partial charge in [-0.15, -0.1) is 0 Å². The Labute approximate surface area is 201 Å². The van der Waals surface area contributed by atoms with Crippen LogP contribution in [0, 0.1) is 31.6 Å². The molecule has 0 aliphatic heterocycles. The Morgan fingerprint density at radius 2 is 1.71 bits per heavy atom. The minimum atomic E-state index is -0.717. The maximum Gasteiger partial charge on any atom is 0.271 e. The largest absolute Gasteiger partial charge is 0.488 e. The zero-order valence-corrected chi connectivity index (χ0v) is 18.9. The van der Waals surface area contributed by atoms with Gasteiger partial charge in [-0.1, -0.05) is 24.3 Å². The number of nitro groups is 2. The number of carbonyl (C=O) groups excluding carboxylic acids is 1. The third kappa shape index (κ3) is 6.24. The second-order valence-electron chi connectivity index (χ2n) is 6.84. The molecule has 3 rings (SSSR count). The molecule has 0 unspecified atom stereocenters. The highest BCUT2D eigenvalue weighted by Gasteiger charge is 2.13. The smallest absolute Gasteiger partial charge is 0.271 e. The molecule has 10 nitrogen and oxygen atoms in total. The van der Waals surface area contributed by atoms with Crippen molar-refractivity contribution in [3.63, 3.8) is 0 Å². The van der Waals surface area contributed by atoms with Crippen LogP contribution in [0.1, 0.15) is 11.1 Å². The molecule has 0 heterocycles. The van der Waals surface area contributed by atoms with Crippen LogP contribution in [0.4, 0.5) is 17.1 Å². The summed E-state index contributed by atoms with van der Waals surface area (Å²) in [4.78, 5) is 33.2. The molecule has 0 bridgehead atoms. The number of hydrogen-bond donors (Lipinski definition) is 1. The molecule has 3 aromatic rings. The molecular weight excluding hydrogens is 508 g/mol. The van der Waals surface area contributed by atoms with E-state index in [4.69, 9.17) is 4.74 Å². The molecule has 1 N–H and O–H groups in total. The Bertz CT molecular complexity index is 1350. The molecule has 0 radical (unpaired) electrons. The molecule has 3 aromatic carbocycles. The number of rotatable bonds is 8. The summed E-state index contributed by atoms with van der Waals surface area (Å²) >= 11 is 3.37. The molecule has 1 amide bonds. The predicted octanol–water partition coefficient (Wildman–Crippen LogP) is 5.39. The number of nitrogens with one attached hydrogen (secondary N) is 1. The number of carbonyl (C=O) groups is 1. The van der Waals surface area contributed by atoms with E-state index in [1.165, 1.54) is 42.5 Å². The fraction of sp³-hybridized carbons (Fsp3) is 0.0435. The van der Waals surface area contributed by atoms with Gasteiger partial charge >= 0.3 is 0 Å². The van der Waals surface area contributed by atoms with Gasteiger partial charge in [0.05, 0.1) is 14.3 Å². The number of non-ortho nitro benzene ring substituents is 2. The number of benzene rings is 3. The Hall–Kier alpha value is -4.56. The topological polar surface area (TPSA) is 148 Å². The first-order valence-corrected chi connectivity index (χ1v) is 10.4. The van der Waals surface area contributed by atoms with Crippen LogP contribution >= 0.6 is 15.9 Å². The van der Waals surface area contributed by atoms with Gasteiger partial charge in [-0.2, -0.15) is 5.26 Å². The Morgan fingerprint density at radius 1 is 1.03 bits per heavy atom. The number of halogens is 1. The van der Waals surface area contributed by atoms with Crippen LogP contribution in [0.3, 0.4) is 0 Å². The van der Waals surface area contributed by atoms with Crippen LogP contribution < -0.4 is 10.1 Å². The lowest BCUT2D eigenvalue weighted by Crippen LogP contribution is -2.13. The van der Waals surface area contributed by atoms with Gasteiger partial charge in [0.15, 0.2) is 0 Å². The van der Waals surface area contributed by atoms with Crippen molar-refractivity contribution in [1.82, 2.24) is 0 Å². The van der Waals surface area contributed by atoms with Crippen molar-refractivity contribution in [2.75, 3.05) is 5.32 Å². The molecule has 0 aromatic heterocycles. The minimum absolute atomic E-state index is 0.0342. The standard InChI is InChI=1S/C23H15BrN4O6/c24-21-11-15(7-8-22(21)34-14-16-3-1-5-19(10-16)27(30)31)9-17(13-25)23(29)26-18-4-2-6-20(12-18)28(32)33/h1-12H,14H2,(H,26,29)/b17-9+. The van der Waals surface area contributed by atoms with E-state index in [0.29, 0.717) is 21.3 Å². The van der Waals surface area contributed by atoms with Crippen LogP contribution in [0.5, 0.6) is 5.75 Å². The van der Waals surface area contributed by atoms with E-state index in [0.717, 1.165) is 0 Å². The molecule has 0 spiro atoms. The molecule has 0 aliphatic carbocycles. The highest BCUT2D eigenvalue weighted by Crippen LogP contribution is 2.28. The minimum Gasteiger partial charge on any atom is -0.488 e. The van der Waals surface area contributed by atoms with Crippen LogP contribution in [0.25, 0.3) is 6.08 Å². The first kappa shape index (κ1) is 24.1. The lowest BCUT2D eigenvalue weighted by molar-refractivity contribution is -0.385. The summed E-state index contributed by atoms with van der Waals surface area (Å²) < 4.78 is 6.26. The zero-order chi connectivity index (χ0) is 24.7. The van der Waals surface area contributed by atoms with Gasteiger partial charge in [0, 0.05) is 30.0 Å². The van der Waals surface area contributed by atoms with E-state index in [2.05, 4.69) is 21.2 Å². The molecule has 170 valence electrons. The highest BCUT2D eigenvalue weighted by molar-refractivity contribution is 9.10. The quantitative estimate of drug-likeness (QED) is 0.180. The number of hydrogen-bond acceptors (Lipinski definition) is 7. The number of nitro benzene ring substituents is 2.